The maximum atomic E-state index is 11.2. The van der Waals surface area contributed by atoms with Crippen molar-refractivity contribution >= 4 is 5.91 Å². The number of carbonyl (C=O) groups excluding carboxylic acids is 1. The molecule has 1 N–H and O–H groups in total. The molecule has 2 heteroatoms. The number of amides is 1. The molecule has 0 aliphatic carbocycles. The summed E-state index contributed by atoms with van der Waals surface area (Å²) in [7, 11) is 0. The van der Waals surface area contributed by atoms with Gasteiger partial charge in [-0.3, -0.25) is 4.79 Å². The Morgan fingerprint density at radius 1 is 1.38 bits per heavy atom. The van der Waals surface area contributed by atoms with Crippen molar-refractivity contribution in [2.24, 2.45) is 11.8 Å². The molecule has 1 aliphatic rings. The van der Waals surface area contributed by atoms with Gasteiger partial charge in [-0.05, 0) is 18.3 Å². The van der Waals surface area contributed by atoms with Gasteiger partial charge in [0.25, 0.3) is 0 Å². The minimum atomic E-state index is 0.253. The highest BCUT2D eigenvalue weighted by Gasteiger charge is 2.34. The molecule has 76 valence electrons. The van der Waals surface area contributed by atoms with Gasteiger partial charge in [0.15, 0.2) is 0 Å². The first kappa shape index (κ1) is 10.6. The van der Waals surface area contributed by atoms with Crippen molar-refractivity contribution in [1.82, 2.24) is 5.32 Å². The van der Waals surface area contributed by atoms with Crippen molar-refractivity contribution < 1.29 is 4.79 Å². The molecule has 0 aromatic carbocycles. The van der Waals surface area contributed by atoms with Gasteiger partial charge in [0.2, 0.25) is 5.91 Å². The molecule has 2 nitrogen and oxygen atoms in total. The fourth-order valence-corrected chi connectivity index (χ4v) is 2.52. The number of nitrogens with one attached hydrogen (secondary N) is 1. The number of rotatable bonds is 4. The standard InChI is InChI=1S/C11H21NO/c1-4-8(5-2)9-7-11(13)12-10(9)6-3/h8-10H,4-7H2,1-3H3,(H,12,13). The molecule has 1 heterocycles. The summed E-state index contributed by atoms with van der Waals surface area (Å²) in [5, 5.41) is 3.06. The molecule has 0 bridgehead atoms. The van der Waals surface area contributed by atoms with Crippen LogP contribution in [0.1, 0.15) is 46.5 Å². The largest absolute Gasteiger partial charge is 0.353 e. The third kappa shape index (κ3) is 2.23. The van der Waals surface area contributed by atoms with Crippen LogP contribution in [0.5, 0.6) is 0 Å². The zero-order valence-corrected chi connectivity index (χ0v) is 8.97. The molecule has 0 spiro atoms. The van der Waals surface area contributed by atoms with E-state index in [1.54, 1.807) is 0 Å². The predicted octanol–water partition coefficient (Wildman–Crippen LogP) is 2.34. The third-order valence-electron chi connectivity index (χ3n) is 3.38. The van der Waals surface area contributed by atoms with Gasteiger partial charge in [-0.25, -0.2) is 0 Å². The lowest BCUT2D eigenvalue weighted by Crippen LogP contribution is -2.31. The molecule has 2 atom stereocenters. The van der Waals surface area contributed by atoms with Crippen LogP contribution in [0.3, 0.4) is 0 Å². The summed E-state index contributed by atoms with van der Waals surface area (Å²) in [6.45, 7) is 6.61. The molecule has 1 fully saturated rings. The molecule has 0 aromatic heterocycles. The van der Waals surface area contributed by atoms with Crippen LogP contribution in [0, 0.1) is 11.8 Å². The van der Waals surface area contributed by atoms with E-state index in [1.165, 1.54) is 12.8 Å². The molecule has 0 saturated carbocycles. The van der Waals surface area contributed by atoms with Crippen LogP contribution in [0.15, 0.2) is 0 Å². The Labute approximate surface area is 81.1 Å². The molecule has 0 radical (unpaired) electrons. The monoisotopic (exact) mass is 183 g/mol. The van der Waals surface area contributed by atoms with Gasteiger partial charge in [0.05, 0.1) is 0 Å². The van der Waals surface area contributed by atoms with Crippen molar-refractivity contribution in [3.63, 3.8) is 0 Å². The van der Waals surface area contributed by atoms with Crippen LogP contribution < -0.4 is 5.32 Å². The zero-order valence-electron chi connectivity index (χ0n) is 8.97. The van der Waals surface area contributed by atoms with Crippen LogP contribution in [0.2, 0.25) is 0 Å². The Hall–Kier alpha value is -0.530. The van der Waals surface area contributed by atoms with Crippen LogP contribution in [0.25, 0.3) is 0 Å². The minimum Gasteiger partial charge on any atom is -0.353 e. The first-order valence-electron chi connectivity index (χ1n) is 5.52. The van der Waals surface area contributed by atoms with E-state index in [-0.39, 0.29) is 5.91 Å². The van der Waals surface area contributed by atoms with E-state index in [0.717, 1.165) is 18.8 Å². The second kappa shape index (κ2) is 4.64. The summed E-state index contributed by atoms with van der Waals surface area (Å²) >= 11 is 0. The lowest BCUT2D eigenvalue weighted by Gasteiger charge is -2.24. The molecule has 1 saturated heterocycles. The van der Waals surface area contributed by atoms with Gasteiger partial charge in [-0.15, -0.1) is 0 Å². The summed E-state index contributed by atoms with van der Waals surface area (Å²) in [6.07, 6.45) is 4.23. The molecular formula is C11H21NO. The summed E-state index contributed by atoms with van der Waals surface area (Å²) < 4.78 is 0. The molecular weight excluding hydrogens is 162 g/mol. The van der Waals surface area contributed by atoms with E-state index < -0.39 is 0 Å². The fraction of sp³-hybridized carbons (Fsp3) is 0.909. The Kier molecular flexibility index (Phi) is 3.76. The Morgan fingerprint density at radius 3 is 2.46 bits per heavy atom. The minimum absolute atomic E-state index is 0.253. The highest BCUT2D eigenvalue weighted by atomic mass is 16.2. The molecule has 1 aliphatic heterocycles. The van der Waals surface area contributed by atoms with E-state index in [9.17, 15) is 4.79 Å². The van der Waals surface area contributed by atoms with E-state index >= 15 is 0 Å². The highest BCUT2D eigenvalue weighted by molar-refractivity contribution is 5.79. The SMILES string of the molecule is CCC(CC)C1CC(=O)NC1CC. The highest BCUT2D eigenvalue weighted by Crippen LogP contribution is 2.30. The van der Waals surface area contributed by atoms with Crippen molar-refractivity contribution in [3.05, 3.63) is 0 Å². The molecule has 2 unspecified atom stereocenters. The van der Waals surface area contributed by atoms with Crippen LogP contribution in [0.4, 0.5) is 0 Å². The van der Waals surface area contributed by atoms with Crippen LogP contribution in [-0.2, 0) is 4.79 Å². The van der Waals surface area contributed by atoms with E-state index in [1.807, 2.05) is 0 Å². The summed E-state index contributed by atoms with van der Waals surface area (Å²) in [4.78, 5) is 11.2. The lowest BCUT2D eigenvalue weighted by molar-refractivity contribution is -0.119. The van der Waals surface area contributed by atoms with Gasteiger partial charge in [-0.1, -0.05) is 33.6 Å². The van der Waals surface area contributed by atoms with Gasteiger partial charge >= 0.3 is 0 Å². The first-order valence-corrected chi connectivity index (χ1v) is 5.52. The maximum absolute atomic E-state index is 11.2. The van der Waals surface area contributed by atoms with E-state index in [0.29, 0.717) is 12.0 Å². The van der Waals surface area contributed by atoms with Crippen LogP contribution >= 0.6 is 0 Å². The van der Waals surface area contributed by atoms with Crippen molar-refractivity contribution in [2.45, 2.75) is 52.5 Å². The lowest BCUT2D eigenvalue weighted by atomic mass is 9.82. The fourth-order valence-electron chi connectivity index (χ4n) is 2.52. The average Bonchev–Trinajstić information content (AvgIpc) is 2.49. The topological polar surface area (TPSA) is 29.1 Å². The van der Waals surface area contributed by atoms with E-state index in [2.05, 4.69) is 26.1 Å². The number of hydrogen-bond donors (Lipinski definition) is 1. The number of hydrogen-bond acceptors (Lipinski definition) is 1. The Morgan fingerprint density at radius 2 is 2.00 bits per heavy atom. The predicted molar refractivity (Wildman–Crippen MR) is 54.4 cm³/mol. The first-order chi connectivity index (χ1) is 6.22. The molecule has 1 rings (SSSR count). The summed E-state index contributed by atoms with van der Waals surface area (Å²) in [6, 6.07) is 0.442. The molecule has 1 amide bonds. The zero-order chi connectivity index (χ0) is 9.84. The molecule has 13 heavy (non-hydrogen) atoms. The summed E-state index contributed by atoms with van der Waals surface area (Å²) in [5.41, 5.74) is 0. The Balaban J connectivity index is 2.60. The van der Waals surface area contributed by atoms with Crippen LogP contribution in [-0.4, -0.2) is 11.9 Å². The third-order valence-corrected chi connectivity index (χ3v) is 3.38. The van der Waals surface area contributed by atoms with Crippen molar-refractivity contribution in [2.75, 3.05) is 0 Å². The summed E-state index contributed by atoms with van der Waals surface area (Å²) in [5.74, 6) is 1.57. The van der Waals surface area contributed by atoms with Gasteiger partial charge in [0, 0.05) is 12.5 Å². The van der Waals surface area contributed by atoms with Crippen molar-refractivity contribution in [3.8, 4) is 0 Å². The quantitative estimate of drug-likeness (QED) is 0.712. The second-order valence-electron chi connectivity index (χ2n) is 4.03. The average molecular weight is 183 g/mol. The smallest absolute Gasteiger partial charge is 0.220 e. The Bertz CT molecular complexity index is 175. The molecule has 0 aromatic rings. The van der Waals surface area contributed by atoms with Gasteiger partial charge < -0.3 is 5.32 Å². The second-order valence-corrected chi connectivity index (χ2v) is 4.03. The normalized spacial score (nSPS) is 28.2. The maximum Gasteiger partial charge on any atom is 0.220 e. The number of carbonyl (C=O) groups is 1. The van der Waals surface area contributed by atoms with E-state index in [4.69, 9.17) is 0 Å². The van der Waals surface area contributed by atoms with Gasteiger partial charge in [-0.2, -0.15) is 0 Å². The van der Waals surface area contributed by atoms with Crippen molar-refractivity contribution in [1.29, 1.82) is 0 Å². The van der Waals surface area contributed by atoms with Gasteiger partial charge in [0.1, 0.15) is 0 Å².